The lowest BCUT2D eigenvalue weighted by atomic mass is 10.1. The molecule has 0 aliphatic heterocycles. The first-order valence-electron chi connectivity index (χ1n) is 9.24. The number of rotatable bonds is 10. The van der Waals surface area contributed by atoms with Gasteiger partial charge in [-0.15, -0.1) is 0 Å². The highest BCUT2D eigenvalue weighted by Crippen LogP contribution is 2.22. The van der Waals surface area contributed by atoms with Crippen LogP contribution < -0.4 is 14.4 Å². The van der Waals surface area contributed by atoms with Gasteiger partial charge in [0.2, 0.25) is 10.0 Å². The lowest BCUT2D eigenvalue weighted by Crippen LogP contribution is -2.34. The maximum Gasteiger partial charge on any atom is 0.240 e. The smallest absolute Gasteiger partial charge is 0.240 e. The van der Waals surface area contributed by atoms with Crippen molar-refractivity contribution < 1.29 is 17.9 Å². The molecule has 1 atom stereocenters. The van der Waals surface area contributed by atoms with Gasteiger partial charge in [-0.05, 0) is 61.7 Å². The van der Waals surface area contributed by atoms with Crippen LogP contribution in [0, 0.1) is 6.92 Å². The predicted octanol–water partition coefficient (Wildman–Crippen LogP) is 3.00. The molecule has 1 N–H and O–H groups in total. The van der Waals surface area contributed by atoms with Gasteiger partial charge in [0.1, 0.15) is 12.4 Å². The number of anilines is 1. The zero-order chi connectivity index (χ0) is 20.7. The average Bonchev–Trinajstić information content (AvgIpc) is 2.63. The van der Waals surface area contributed by atoms with Crippen LogP contribution in [0.25, 0.3) is 0 Å². The molecule has 0 saturated heterocycles. The summed E-state index contributed by atoms with van der Waals surface area (Å²) >= 11 is 0. The highest BCUT2D eigenvalue weighted by Gasteiger charge is 2.19. The van der Waals surface area contributed by atoms with Crippen molar-refractivity contribution in [3.05, 3.63) is 53.6 Å². The van der Waals surface area contributed by atoms with E-state index in [9.17, 15) is 8.42 Å². The number of sulfonamides is 1. The van der Waals surface area contributed by atoms with Crippen molar-refractivity contribution in [3.63, 3.8) is 0 Å². The van der Waals surface area contributed by atoms with Crippen molar-refractivity contribution in [1.82, 2.24) is 4.72 Å². The van der Waals surface area contributed by atoms with Gasteiger partial charge in [-0.25, -0.2) is 13.1 Å². The molecule has 6 nitrogen and oxygen atoms in total. The zero-order valence-corrected chi connectivity index (χ0v) is 18.0. The average molecular weight is 407 g/mol. The molecule has 0 fully saturated rings. The van der Waals surface area contributed by atoms with Gasteiger partial charge < -0.3 is 14.4 Å². The van der Waals surface area contributed by atoms with Crippen LogP contribution >= 0.6 is 0 Å². The number of methoxy groups -OCH3 is 1. The first kappa shape index (κ1) is 22.2. The van der Waals surface area contributed by atoms with Gasteiger partial charge in [-0.2, -0.15) is 0 Å². The second kappa shape index (κ2) is 9.91. The van der Waals surface area contributed by atoms with Gasteiger partial charge in [0.15, 0.2) is 0 Å². The highest BCUT2D eigenvalue weighted by molar-refractivity contribution is 7.89. The highest BCUT2D eigenvalue weighted by atomic mass is 32.2. The van der Waals surface area contributed by atoms with Crippen molar-refractivity contribution >= 4 is 15.7 Å². The lowest BCUT2D eigenvalue weighted by Gasteiger charge is -2.17. The van der Waals surface area contributed by atoms with Crippen LogP contribution in [-0.4, -0.2) is 48.9 Å². The molecule has 7 heteroatoms. The summed E-state index contributed by atoms with van der Waals surface area (Å²) in [5.41, 5.74) is 2.96. The Morgan fingerprint density at radius 2 is 1.75 bits per heavy atom. The van der Waals surface area contributed by atoms with Crippen molar-refractivity contribution in [2.45, 2.75) is 31.2 Å². The standard InChI is InChI=1S/C21H30N2O4S/c1-16-14-20(10-11-21(16)27-13-12-26-5)28(24,25)22-17(2)15-18-6-8-19(9-7-18)23(3)4/h6-11,14,17,22H,12-13,15H2,1-5H3/t17-/m0/s1. The van der Waals surface area contributed by atoms with Gasteiger partial charge in [0, 0.05) is 32.9 Å². The third-order valence-electron chi connectivity index (χ3n) is 4.35. The monoisotopic (exact) mass is 406 g/mol. The Labute approximate surface area is 168 Å². The fourth-order valence-corrected chi connectivity index (χ4v) is 4.17. The molecule has 0 amide bonds. The predicted molar refractivity (Wildman–Crippen MR) is 113 cm³/mol. The largest absolute Gasteiger partial charge is 0.491 e. The van der Waals surface area contributed by atoms with Crippen molar-refractivity contribution in [2.24, 2.45) is 0 Å². The van der Waals surface area contributed by atoms with Crippen LogP contribution in [0.5, 0.6) is 5.75 Å². The number of nitrogens with zero attached hydrogens (tertiary/aromatic N) is 1. The number of nitrogens with one attached hydrogen (secondary N) is 1. The fraction of sp³-hybridized carbons (Fsp3) is 0.429. The number of aryl methyl sites for hydroxylation is 1. The van der Waals surface area contributed by atoms with E-state index >= 15 is 0 Å². The van der Waals surface area contributed by atoms with Gasteiger partial charge in [-0.1, -0.05) is 12.1 Å². The van der Waals surface area contributed by atoms with Crippen LogP contribution in [0.3, 0.4) is 0 Å². The number of hydrogen-bond acceptors (Lipinski definition) is 5. The summed E-state index contributed by atoms with van der Waals surface area (Å²) < 4.78 is 38.7. The van der Waals surface area contributed by atoms with Crippen molar-refractivity contribution in [2.75, 3.05) is 39.3 Å². The Kier molecular flexibility index (Phi) is 7.86. The number of hydrogen-bond donors (Lipinski definition) is 1. The normalized spacial score (nSPS) is 12.6. The van der Waals surface area contributed by atoms with Crippen molar-refractivity contribution in [3.8, 4) is 5.75 Å². The minimum Gasteiger partial charge on any atom is -0.491 e. The van der Waals surface area contributed by atoms with Crippen molar-refractivity contribution in [1.29, 1.82) is 0 Å². The molecule has 0 radical (unpaired) electrons. The molecule has 0 saturated carbocycles. The Balaban J connectivity index is 2.02. The molecule has 0 unspecified atom stereocenters. The fourth-order valence-electron chi connectivity index (χ4n) is 2.84. The molecule has 154 valence electrons. The number of benzene rings is 2. The summed E-state index contributed by atoms with van der Waals surface area (Å²) in [6, 6.07) is 12.8. The van der Waals surface area contributed by atoms with E-state index in [1.54, 1.807) is 25.3 Å². The molecule has 2 aromatic carbocycles. The molecule has 0 aliphatic rings. The van der Waals surface area contributed by atoms with E-state index in [-0.39, 0.29) is 10.9 Å². The van der Waals surface area contributed by atoms with E-state index in [1.807, 2.05) is 57.1 Å². The Hall–Kier alpha value is -2.09. The van der Waals surface area contributed by atoms with Crippen LogP contribution in [0.2, 0.25) is 0 Å². The van der Waals surface area contributed by atoms with Gasteiger partial charge >= 0.3 is 0 Å². The Bertz CT molecular complexity index is 864. The molecule has 0 aromatic heterocycles. The molecule has 0 heterocycles. The maximum atomic E-state index is 12.7. The van der Waals surface area contributed by atoms with Gasteiger partial charge in [-0.3, -0.25) is 0 Å². The van der Waals surface area contributed by atoms with Crippen LogP contribution in [0.15, 0.2) is 47.4 Å². The summed E-state index contributed by atoms with van der Waals surface area (Å²) in [4.78, 5) is 2.26. The molecule has 0 spiro atoms. The first-order valence-corrected chi connectivity index (χ1v) is 10.7. The molecule has 2 rings (SSSR count). The van der Waals surface area contributed by atoms with Crippen LogP contribution in [0.4, 0.5) is 5.69 Å². The SMILES string of the molecule is COCCOc1ccc(S(=O)(=O)N[C@@H](C)Cc2ccc(N(C)C)cc2)cc1C. The van der Waals surface area contributed by atoms with Gasteiger partial charge in [0.25, 0.3) is 0 Å². The van der Waals surface area contributed by atoms with E-state index < -0.39 is 10.0 Å². The molecular formula is C21H30N2O4S. The number of ether oxygens (including phenoxy) is 2. The molecule has 0 bridgehead atoms. The first-order chi connectivity index (χ1) is 13.2. The minimum atomic E-state index is -3.60. The third-order valence-corrected chi connectivity index (χ3v) is 5.94. The second-order valence-electron chi connectivity index (χ2n) is 7.06. The zero-order valence-electron chi connectivity index (χ0n) is 17.2. The van der Waals surface area contributed by atoms with E-state index in [4.69, 9.17) is 9.47 Å². The molecule has 0 aliphatic carbocycles. The summed E-state index contributed by atoms with van der Waals surface area (Å²) in [6.45, 7) is 4.60. The summed E-state index contributed by atoms with van der Waals surface area (Å²) in [5, 5.41) is 0. The molecule has 2 aromatic rings. The Morgan fingerprint density at radius 3 is 2.32 bits per heavy atom. The van der Waals surface area contributed by atoms with E-state index in [0.717, 1.165) is 16.8 Å². The summed E-state index contributed by atoms with van der Waals surface area (Å²) in [7, 11) is 1.98. The quantitative estimate of drug-likeness (QED) is 0.615. The van der Waals surface area contributed by atoms with E-state index in [2.05, 4.69) is 4.72 Å². The third kappa shape index (κ3) is 6.22. The minimum absolute atomic E-state index is 0.229. The maximum absolute atomic E-state index is 12.7. The van der Waals surface area contributed by atoms with Gasteiger partial charge in [0.05, 0.1) is 11.5 Å². The lowest BCUT2D eigenvalue weighted by molar-refractivity contribution is 0.146. The summed E-state index contributed by atoms with van der Waals surface area (Å²) in [6.07, 6.45) is 0.615. The topological polar surface area (TPSA) is 67.9 Å². The molecule has 28 heavy (non-hydrogen) atoms. The summed E-state index contributed by atoms with van der Waals surface area (Å²) in [5.74, 6) is 0.657. The second-order valence-corrected chi connectivity index (χ2v) is 8.77. The van der Waals surface area contributed by atoms with Crippen LogP contribution in [-0.2, 0) is 21.2 Å². The molecular weight excluding hydrogens is 376 g/mol. The van der Waals surface area contributed by atoms with E-state index in [0.29, 0.717) is 25.4 Å². The van der Waals surface area contributed by atoms with E-state index in [1.165, 1.54) is 0 Å². The van der Waals surface area contributed by atoms with Crippen LogP contribution in [0.1, 0.15) is 18.1 Å². The Morgan fingerprint density at radius 1 is 1.07 bits per heavy atom.